The molecule has 0 aromatic rings. The van der Waals surface area contributed by atoms with E-state index in [2.05, 4.69) is 0 Å². The number of hydrogen-bond donors (Lipinski definition) is 0. The molecule has 0 heteroatoms. The predicted molar refractivity (Wildman–Crippen MR) is 46.1 cm³/mol. The molecule has 0 unspecified atom stereocenters. The molecule has 0 saturated heterocycles. The van der Waals surface area contributed by atoms with Gasteiger partial charge in [-0.15, -0.1) is 0 Å². The summed E-state index contributed by atoms with van der Waals surface area (Å²) in [6.45, 7) is 1.30. The van der Waals surface area contributed by atoms with Crippen molar-refractivity contribution in [2.24, 2.45) is 5.41 Å². The first kappa shape index (κ1) is 1.41. The van der Waals surface area contributed by atoms with Crippen LogP contribution in [0.1, 0.15) is 77.6 Å². The van der Waals surface area contributed by atoms with E-state index >= 15 is 0 Å². The van der Waals surface area contributed by atoms with Crippen molar-refractivity contribution in [1.82, 2.24) is 0 Å². The van der Waals surface area contributed by atoms with Crippen LogP contribution in [-0.4, -0.2) is 0 Å². The summed E-state index contributed by atoms with van der Waals surface area (Å²) in [5, 5.41) is 0. The quantitative estimate of drug-likeness (QED) is 0.568. The van der Waals surface area contributed by atoms with Gasteiger partial charge in [-0.2, -0.15) is 0 Å². The van der Waals surface area contributed by atoms with Crippen LogP contribution in [0, 0.1) is 5.41 Å². The summed E-state index contributed by atoms with van der Waals surface area (Å²) in [7, 11) is 0. The maximum atomic E-state index is 8.10. The summed E-state index contributed by atoms with van der Waals surface area (Å²) >= 11 is 0. The van der Waals surface area contributed by atoms with Gasteiger partial charge in [0.2, 0.25) is 0 Å². The van der Waals surface area contributed by atoms with Gasteiger partial charge in [-0.05, 0) is 18.2 Å². The topological polar surface area (TPSA) is 0 Å². The molecule has 0 spiro atoms. The summed E-state index contributed by atoms with van der Waals surface area (Å²) in [6.07, 6.45) is -24.7. The van der Waals surface area contributed by atoms with Crippen LogP contribution in [-0.2, 0) is 0 Å². The van der Waals surface area contributed by atoms with Gasteiger partial charge in [0, 0.05) is 19.2 Å². The van der Waals surface area contributed by atoms with Crippen LogP contribution < -0.4 is 0 Å². The highest BCUT2D eigenvalue weighted by atomic mass is 14.3. The molecule has 0 radical (unpaired) electrons. The van der Waals surface area contributed by atoms with Crippen molar-refractivity contribution >= 4 is 0 Å². The highest BCUT2D eigenvalue weighted by molar-refractivity contribution is 4.79. The Morgan fingerprint density at radius 3 is 2.10 bits per heavy atom. The van der Waals surface area contributed by atoms with Gasteiger partial charge in [-0.25, -0.2) is 0 Å². The molecule has 0 atom stereocenters. The lowest BCUT2D eigenvalue weighted by molar-refractivity contribution is 0.173. The van der Waals surface area contributed by atoms with Gasteiger partial charge in [-0.1, -0.05) is 45.7 Å². The fraction of sp³-hybridized carbons (Fsp3) is 1.00. The minimum atomic E-state index is -3.73. The second-order valence-corrected chi connectivity index (χ2v) is 1.88. The van der Waals surface area contributed by atoms with Crippen LogP contribution in [0.15, 0.2) is 0 Å². The lowest BCUT2D eigenvalue weighted by atomic mass is 9.71. The van der Waals surface area contributed by atoms with Gasteiger partial charge < -0.3 is 0 Å². The third-order valence-electron chi connectivity index (χ3n) is 1.38. The van der Waals surface area contributed by atoms with Gasteiger partial charge in [0.1, 0.15) is 0 Å². The van der Waals surface area contributed by atoms with E-state index in [4.69, 9.17) is 19.2 Å². The Hall–Kier alpha value is 0. The summed E-state index contributed by atoms with van der Waals surface area (Å²) in [5.74, 6) is 0. The van der Waals surface area contributed by atoms with E-state index in [1.165, 1.54) is 0 Å². The second kappa shape index (κ2) is 3.41. The van der Waals surface area contributed by atoms with Gasteiger partial charge in [0.15, 0.2) is 0 Å². The third-order valence-corrected chi connectivity index (χ3v) is 1.38. The standard InChI is InChI=1S/C10H20/c1-3-10(4-2)8-6-5-7-9-10/h3-9H2,1-2H3/i3D2,4D2,5D2,6D2,7D2,8D2,9D2. The summed E-state index contributed by atoms with van der Waals surface area (Å²) in [6, 6.07) is 0. The Morgan fingerprint density at radius 1 is 1.20 bits per heavy atom. The number of rotatable bonds is 2. The third kappa shape index (κ3) is 1.53. The van der Waals surface area contributed by atoms with E-state index in [-0.39, 0.29) is 0 Å². The van der Waals surface area contributed by atoms with Crippen LogP contribution in [0.25, 0.3) is 0 Å². The fourth-order valence-electron chi connectivity index (χ4n) is 0.688. The van der Waals surface area contributed by atoms with Crippen molar-refractivity contribution in [2.75, 3.05) is 0 Å². The first-order valence-corrected chi connectivity index (χ1v) is 3.00. The zero-order valence-corrected chi connectivity index (χ0v) is 6.00. The molecule has 1 aliphatic rings. The van der Waals surface area contributed by atoms with Crippen LogP contribution in [0.4, 0.5) is 0 Å². The highest BCUT2D eigenvalue weighted by Crippen LogP contribution is 2.41. The van der Waals surface area contributed by atoms with Gasteiger partial charge in [-0.3, -0.25) is 0 Å². The normalized spacial score (nSPS) is 73.4. The molecule has 0 amide bonds. The van der Waals surface area contributed by atoms with Crippen molar-refractivity contribution in [3.8, 4) is 0 Å². The van der Waals surface area contributed by atoms with Crippen molar-refractivity contribution in [1.29, 1.82) is 0 Å². The van der Waals surface area contributed by atoms with E-state index in [9.17, 15) is 0 Å². The summed E-state index contributed by atoms with van der Waals surface area (Å²) in [4.78, 5) is 0. The molecule has 1 rings (SSSR count). The van der Waals surface area contributed by atoms with Crippen LogP contribution >= 0.6 is 0 Å². The zero-order chi connectivity index (χ0) is 20.0. The Morgan fingerprint density at radius 2 is 1.70 bits per heavy atom. The second-order valence-electron chi connectivity index (χ2n) is 1.88. The van der Waals surface area contributed by atoms with E-state index < -0.39 is 50.0 Å². The summed E-state index contributed by atoms with van der Waals surface area (Å²) in [5.41, 5.74) is -3.49. The Labute approximate surface area is 84.7 Å². The number of hydrogen-bond acceptors (Lipinski definition) is 0. The Kier molecular flexibility index (Phi) is 0.479. The zero-order valence-electron chi connectivity index (χ0n) is 20.0. The Bertz CT molecular complexity index is 473. The van der Waals surface area contributed by atoms with Crippen molar-refractivity contribution < 1.29 is 19.2 Å². The lowest BCUT2D eigenvalue weighted by Crippen LogP contribution is -2.21. The first-order chi connectivity index (χ1) is 10.0. The molecular weight excluding hydrogens is 120 g/mol. The minimum absolute atomic E-state index is 0.650. The molecule has 60 valence electrons. The molecular formula is C10H20. The lowest BCUT2D eigenvalue weighted by Gasteiger charge is -2.35. The minimum Gasteiger partial charge on any atom is -0.0649 e. The predicted octanol–water partition coefficient (Wildman–Crippen LogP) is 3.76. The van der Waals surface area contributed by atoms with E-state index in [0.717, 1.165) is 0 Å². The van der Waals surface area contributed by atoms with Gasteiger partial charge >= 0.3 is 0 Å². The van der Waals surface area contributed by atoms with Crippen molar-refractivity contribution in [3.05, 3.63) is 0 Å². The molecule has 0 aliphatic heterocycles. The van der Waals surface area contributed by atoms with Gasteiger partial charge in [0.25, 0.3) is 0 Å². The summed E-state index contributed by atoms with van der Waals surface area (Å²) < 4.78 is 111. The first-order valence-electron chi connectivity index (χ1n) is 10.0. The smallest absolute Gasteiger partial charge is 0.0272 e. The maximum absolute atomic E-state index is 8.10. The average Bonchev–Trinajstić information content (AvgIpc) is 2.21. The van der Waals surface area contributed by atoms with E-state index in [1.807, 2.05) is 0 Å². The maximum Gasteiger partial charge on any atom is 0.0272 e. The van der Waals surface area contributed by atoms with Crippen LogP contribution in [0.5, 0.6) is 0 Å². The van der Waals surface area contributed by atoms with E-state index in [0.29, 0.717) is 13.8 Å². The Balaban J connectivity index is 4.23. The van der Waals surface area contributed by atoms with Crippen molar-refractivity contribution in [3.63, 3.8) is 0 Å². The monoisotopic (exact) mass is 154 g/mol. The largest absolute Gasteiger partial charge is 0.0649 e. The molecule has 0 aromatic carbocycles. The van der Waals surface area contributed by atoms with Crippen LogP contribution in [0.3, 0.4) is 0 Å². The highest BCUT2D eigenvalue weighted by Gasteiger charge is 2.27. The molecule has 0 nitrogen and oxygen atoms in total. The molecule has 0 aromatic heterocycles. The van der Waals surface area contributed by atoms with Crippen molar-refractivity contribution in [2.45, 2.75) is 58.5 Å². The van der Waals surface area contributed by atoms with Gasteiger partial charge in [0.05, 0.1) is 0 Å². The molecule has 0 heterocycles. The van der Waals surface area contributed by atoms with E-state index in [1.54, 1.807) is 0 Å². The molecule has 1 aliphatic carbocycles. The molecule has 10 heavy (non-hydrogen) atoms. The average molecular weight is 154 g/mol. The fourth-order valence-corrected chi connectivity index (χ4v) is 0.688. The molecule has 1 fully saturated rings. The SMILES string of the molecule is [2H]C([2H])(C)C1(C([2H])([2H])C)C([2H])([2H])C([2H])([2H])C([2H])([2H])C([2H])([2H])C1([2H])[2H]. The molecule has 1 saturated carbocycles. The molecule has 0 bridgehead atoms. The molecule has 0 N–H and O–H groups in total. The van der Waals surface area contributed by atoms with Crippen LogP contribution in [0.2, 0.25) is 0 Å².